The van der Waals surface area contributed by atoms with Gasteiger partial charge in [-0.25, -0.2) is 0 Å². The van der Waals surface area contributed by atoms with Gasteiger partial charge >= 0.3 is 0 Å². The number of nitrogens with one attached hydrogen (secondary N) is 1. The van der Waals surface area contributed by atoms with E-state index >= 15 is 0 Å². The second kappa shape index (κ2) is 8.79. The van der Waals surface area contributed by atoms with Crippen LogP contribution in [-0.2, 0) is 4.79 Å². The molecule has 0 atom stereocenters. The van der Waals surface area contributed by atoms with Gasteiger partial charge in [0.05, 0.1) is 4.92 Å². The van der Waals surface area contributed by atoms with Gasteiger partial charge in [-0.05, 0) is 37.3 Å². The second-order valence-corrected chi connectivity index (χ2v) is 6.31. The van der Waals surface area contributed by atoms with E-state index in [4.69, 9.17) is 4.74 Å². The molecule has 7 heteroatoms. The van der Waals surface area contributed by atoms with Crippen LogP contribution in [0.5, 0.6) is 5.75 Å². The summed E-state index contributed by atoms with van der Waals surface area (Å²) in [5.74, 6) is -0.122. The van der Waals surface area contributed by atoms with Gasteiger partial charge < -0.3 is 10.1 Å². The SMILES string of the molecule is Cc1ccc(NC(=O)COc2ccc(C(=O)c3ccccc3)cc2)cc1[N+](=O)[O-]. The Hall–Kier alpha value is -4.00. The van der Waals surface area contributed by atoms with E-state index in [9.17, 15) is 19.7 Å². The van der Waals surface area contributed by atoms with E-state index in [1.165, 1.54) is 6.07 Å². The zero-order valence-electron chi connectivity index (χ0n) is 15.6. The van der Waals surface area contributed by atoms with Gasteiger partial charge in [-0.1, -0.05) is 36.4 Å². The fourth-order valence-electron chi connectivity index (χ4n) is 2.69. The number of nitro benzene ring substituents is 1. The molecule has 3 aromatic rings. The van der Waals surface area contributed by atoms with E-state index < -0.39 is 10.8 Å². The minimum atomic E-state index is -0.500. The highest BCUT2D eigenvalue weighted by atomic mass is 16.6. The van der Waals surface area contributed by atoms with Crippen molar-refractivity contribution < 1.29 is 19.2 Å². The number of hydrogen-bond donors (Lipinski definition) is 1. The molecule has 0 bridgehead atoms. The van der Waals surface area contributed by atoms with Gasteiger partial charge in [-0.2, -0.15) is 0 Å². The van der Waals surface area contributed by atoms with Crippen LogP contribution in [-0.4, -0.2) is 23.2 Å². The predicted molar refractivity (Wildman–Crippen MR) is 108 cm³/mol. The monoisotopic (exact) mass is 390 g/mol. The molecule has 1 amide bonds. The number of carbonyl (C=O) groups is 2. The molecule has 0 aromatic heterocycles. The summed E-state index contributed by atoms with van der Waals surface area (Å²) in [6.07, 6.45) is 0. The van der Waals surface area contributed by atoms with Gasteiger partial charge in [0.2, 0.25) is 0 Å². The number of hydrogen-bond acceptors (Lipinski definition) is 5. The predicted octanol–water partition coefficient (Wildman–Crippen LogP) is 4.15. The summed E-state index contributed by atoms with van der Waals surface area (Å²) in [7, 11) is 0. The molecule has 0 spiro atoms. The van der Waals surface area contributed by atoms with Crippen molar-refractivity contribution in [2.24, 2.45) is 0 Å². The topological polar surface area (TPSA) is 98.5 Å². The molecule has 0 heterocycles. The van der Waals surface area contributed by atoms with Crippen LogP contribution in [0.1, 0.15) is 21.5 Å². The van der Waals surface area contributed by atoms with Gasteiger partial charge in [-0.3, -0.25) is 19.7 Å². The zero-order chi connectivity index (χ0) is 20.8. The van der Waals surface area contributed by atoms with Crippen molar-refractivity contribution in [3.63, 3.8) is 0 Å². The fraction of sp³-hybridized carbons (Fsp3) is 0.0909. The molecule has 1 N–H and O–H groups in total. The third-order valence-corrected chi connectivity index (χ3v) is 4.21. The number of nitro groups is 1. The van der Waals surface area contributed by atoms with Gasteiger partial charge in [0, 0.05) is 28.4 Å². The lowest BCUT2D eigenvalue weighted by Gasteiger charge is -2.09. The standard InChI is InChI=1S/C22H18N2O5/c1-15-7-10-18(13-20(15)24(27)28)23-21(25)14-29-19-11-8-17(9-12-19)22(26)16-5-3-2-4-6-16/h2-13H,14H2,1H3,(H,23,25). The molecule has 146 valence electrons. The van der Waals surface area contributed by atoms with E-state index in [0.29, 0.717) is 28.1 Å². The van der Waals surface area contributed by atoms with Crippen molar-refractivity contribution in [1.82, 2.24) is 0 Å². The number of amides is 1. The van der Waals surface area contributed by atoms with E-state index in [-0.39, 0.29) is 18.1 Å². The molecule has 0 aliphatic rings. The summed E-state index contributed by atoms with van der Waals surface area (Å²) in [5, 5.41) is 13.5. The lowest BCUT2D eigenvalue weighted by Crippen LogP contribution is -2.20. The Morgan fingerprint density at radius 2 is 1.62 bits per heavy atom. The van der Waals surface area contributed by atoms with E-state index in [2.05, 4.69) is 5.32 Å². The zero-order valence-corrected chi connectivity index (χ0v) is 15.6. The molecule has 0 saturated carbocycles. The number of aryl methyl sites for hydroxylation is 1. The Labute approximate surface area is 167 Å². The number of nitrogens with zero attached hydrogens (tertiary/aromatic N) is 1. The second-order valence-electron chi connectivity index (χ2n) is 6.31. The van der Waals surface area contributed by atoms with Gasteiger partial charge in [0.15, 0.2) is 12.4 Å². The first-order valence-corrected chi connectivity index (χ1v) is 8.81. The van der Waals surface area contributed by atoms with Crippen molar-refractivity contribution in [1.29, 1.82) is 0 Å². The molecule has 3 aromatic carbocycles. The third-order valence-electron chi connectivity index (χ3n) is 4.21. The van der Waals surface area contributed by atoms with Gasteiger partial charge in [-0.15, -0.1) is 0 Å². The Kier molecular flexibility index (Phi) is 5.99. The summed E-state index contributed by atoms with van der Waals surface area (Å²) in [6, 6.07) is 19.9. The summed E-state index contributed by atoms with van der Waals surface area (Å²) in [4.78, 5) is 34.9. The lowest BCUT2D eigenvalue weighted by molar-refractivity contribution is -0.385. The average Bonchev–Trinajstić information content (AvgIpc) is 2.74. The summed E-state index contributed by atoms with van der Waals surface area (Å²) in [6.45, 7) is 1.35. The fourth-order valence-corrected chi connectivity index (χ4v) is 2.69. The first kappa shape index (κ1) is 19.8. The van der Waals surface area contributed by atoms with E-state index in [0.717, 1.165) is 0 Å². The highest BCUT2D eigenvalue weighted by molar-refractivity contribution is 6.09. The van der Waals surface area contributed by atoms with Crippen LogP contribution in [0.2, 0.25) is 0 Å². The van der Waals surface area contributed by atoms with Crippen LogP contribution in [0.4, 0.5) is 11.4 Å². The molecular formula is C22H18N2O5. The normalized spacial score (nSPS) is 10.2. The molecule has 0 saturated heterocycles. The highest BCUT2D eigenvalue weighted by Crippen LogP contribution is 2.22. The number of rotatable bonds is 7. The third kappa shape index (κ3) is 5.04. The van der Waals surface area contributed by atoms with E-state index in [1.807, 2.05) is 6.07 Å². The largest absolute Gasteiger partial charge is 0.484 e. The lowest BCUT2D eigenvalue weighted by atomic mass is 10.0. The number of ether oxygens (including phenoxy) is 1. The van der Waals surface area contributed by atoms with Crippen LogP contribution < -0.4 is 10.1 Å². The maximum atomic E-state index is 12.4. The average molecular weight is 390 g/mol. The number of carbonyl (C=O) groups excluding carboxylic acids is 2. The number of anilines is 1. The molecule has 0 radical (unpaired) electrons. The van der Waals surface area contributed by atoms with Crippen LogP contribution in [0.3, 0.4) is 0 Å². The maximum Gasteiger partial charge on any atom is 0.274 e. The summed E-state index contributed by atoms with van der Waals surface area (Å²) >= 11 is 0. The molecule has 7 nitrogen and oxygen atoms in total. The van der Waals surface area contributed by atoms with Crippen molar-refractivity contribution >= 4 is 23.1 Å². The molecule has 0 unspecified atom stereocenters. The molecule has 29 heavy (non-hydrogen) atoms. The van der Waals surface area contributed by atoms with Crippen LogP contribution in [0, 0.1) is 17.0 Å². The van der Waals surface area contributed by atoms with Crippen LogP contribution in [0.15, 0.2) is 72.8 Å². The number of benzene rings is 3. The van der Waals surface area contributed by atoms with Crippen molar-refractivity contribution in [2.75, 3.05) is 11.9 Å². The van der Waals surface area contributed by atoms with Crippen molar-refractivity contribution in [3.05, 3.63) is 99.6 Å². The first-order valence-electron chi connectivity index (χ1n) is 8.81. The van der Waals surface area contributed by atoms with E-state index in [1.54, 1.807) is 67.6 Å². The van der Waals surface area contributed by atoms with Gasteiger partial charge in [0.25, 0.3) is 11.6 Å². The molecule has 0 aliphatic carbocycles. The maximum absolute atomic E-state index is 12.4. The Morgan fingerprint density at radius 3 is 2.28 bits per heavy atom. The summed E-state index contributed by atoms with van der Waals surface area (Å²) < 4.78 is 5.42. The Morgan fingerprint density at radius 1 is 0.966 bits per heavy atom. The quantitative estimate of drug-likeness (QED) is 0.371. The molecule has 0 aliphatic heterocycles. The minimum absolute atomic E-state index is 0.0672. The van der Waals surface area contributed by atoms with Gasteiger partial charge in [0.1, 0.15) is 5.75 Å². The highest BCUT2D eigenvalue weighted by Gasteiger charge is 2.13. The summed E-state index contributed by atoms with van der Waals surface area (Å²) in [5.41, 5.74) is 1.86. The Bertz CT molecular complexity index is 1050. The van der Waals surface area contributed by atoms with Crippen molar-refractivity contribution in [3.8, 4) is 5.75 Å². The Balaban J connectivity index is 1.57. The minimum Gasteiger partial charge on any atom is -0.484 e. The number of ketones is 1. The smallest absolute Gasteiger partial charge is 0.274 e. The van der Waals surface area contributed by atoms with Crippen molar-refractivity contribution in [2.45, 2.75) is 6.92 Å². The molecule has 0 fully saturated rings. The first-order chi connectivity index (χ1) is 13.9. The van der Waals surface area contributed by atoms with Crippen LogP contribution >= 0.6 is 0 Å². The van der Waals surface area contributed by atoms with Crippen LogP contribution in [0.25, 0.3) is 0 Å². The molecule has 3 rings (SSSR count). The molecular weight excluding hydrogens is 372 g/mol.